The fourth-order valence-electron chi connectivity index (χ4n) is 3.47. The molecular weight excluding hydrogens is 390 g/mol. The van der Waals surface area contributed by atoms with Gasteiger partial charge in [-0.2, -0.15) is 5.10 Å². The van der Waals surface area contributed by atoms with Crippen LogP contribution in [-0.4, -0.2) is 15.7 Å². The van der Waals surface area contributed by atoms with E-state index in [0.717, 1.165) is 22.3 Å². The van der Waals surface area contributed by atoms with Crippen LogP contribution >= 0.6 is 0 Å². The van der Waals surface area contributed by atoms with Crippen molar-refractivity contribution in [2.75, 3.05) is 5.32 Å². The topological polar surface area (TPSA) is 77.1 Å². The van der Waals surface area contributed by atoms with Crippen LogP contribution in [0.5, 0.6) is 0 Å². The molecule has 2 aromatic heterocycles. The molecule has 3 aromatic carbocycles. The Labute approximate surface area is 177 Å². The molecule has 6 heteroatoms. The van der Waals surface area contributed by atoms with E-state index in [1.807, 2.05) is 53.2 Å². The number of anilines is 1. The van der Waals surface area contributed by atoms with Gasteiger partial charge in [0.15, 0.2) is 0 Å². The summed E-state index contributed by atoms with van der Waals surface area (Å²) in [6, 6.07) is 27.3. The number of nitrogens with one attached hydrogen (secondary N) is 1. The van der Waals surface area contributed by atoms with Gasteiger partial charge in [0, 0.05) is 28.3 Å². The minimum atomic E-state index is -0.408. The maximum Gasteiger partial charge on any atom is 0.336 e. The summed E-state index contributed by atoms with van der Waals surface area (Å²) in [6.45, 7) is 0. The summed E-state index contributed by atoms with van der Waals surface area (Å²) >= 11 is 0. The van der Waals surface area contributed by atoms with E-state index in [9.17, 15) is 9.59 Å². The maximum absolute atomic E-state index is 12.9. The number of nitrogens with zero attached hydrogens (tertiary/aromatic N) is 2. The number of rotatable bonds is 4. The summed E-state index contributed by atoms with van der Waals surface area (Å²) in [6.07, 6.45) is 1.74. The Balaban J connectivity index is 1.43. The highest BCUT2D eigenvalue weighted by molar-refractivity contribution is 6.05. The first-order valence-corrected chi connectivity index (χ1v) is 9.72. The first-order chi connectivity index (χ1) is 15.2. The van der Waals surface area contributed by atoms with Gasteiger partial charge in [0.05, 0.1) is 17.6 Å². The van der Waals surface area contributed by atoms with E-state index in [2.05, 4.69) is 10.4 Å². The average Bonchev–Trinajstić information content (AvgIpc) is 3.30. The van der Waals surface area contributed by atoms with Crippen molar-refractivity contribution in [2.45, 2.75) is 0 Å². The third-order valence-corrected chi connectivity index (χ3v) is 4.94. The van der Waals surface area contributed by atoms with Crippen LogP contribution in [0, 0.1) is 0 Å². The van der Waals surface area contributed by atoms with Gasteiger partial charge in [-0.1, -0.05) is 36.4 Å². The van der Waals surface area contributed by atoms with Crippen molar-refractivity contribution in [3.63, 3.8) is 0 Å². The molecule has 2 heterocycles. The van der Waals surface area contributed by atoms with Crippen LogP contribution in [0.25, 0.3) is 27.9 Å². The minimum Gasteiger partial charge on any atom is -0.423 e. The molecule has 0 fully saturated rings. The largest absolute Gasteiger partial charge is 0.423 e. The van der Waals surface area contributed by atoms with Crippen molar-refractivity contribution in [3.05, 3.63) is 113 Å². The normalized spacial score (nSPS) is 10.8. The number of hydrogen-bond donors (Lipinski definition) is 1. The zero-order valence-electron chi connectivity index (χ0n) is 16.4. The number of fused-ring (bicyclic) bond motifs is 1. The van der Waals surface area contributed by atoms with Crippen molar-refractivity contribution in [3.8, 4) is 16.9 Å². The van der Waals surface area contributed by atoms with Gasteiger partial charge in [0.1, 0.15) is 5.58 Å². The van der Waals surface area contributed by atoms with Crippen LogP contribution in [-0.2, 0) is 0 Å². The third-order valence-electron chi connectivity index (χ3n) is 4.94. The lowest BCUT2D eigenvalue weighted by atomic mass is 10.1. The monoisotopic (exact) mass is 407 g/mol. The minimum absolute atomic E-state index is 0.244. The molecule has 5 rings (SSSR count). The Morgan fingerprint density at radius 1 is 0.871 bits per heavy atom. The number of amides is 1. The Kier molecular flexibility index (Phi) is 4.65. The Morgan fingerprint density at radius 2 is 1.74 bits per heavy atom. The lowest BCUT2D eigenvalue weighted by Gasteiger charge is -2.10. The molecule has 1 N–H and O–H groups in total. The molecule has 150 valence electrons. The van der Waals surface area contributed by atoms with Gasteiger partial charge in [-0.15, -0.1) is 0 Å². The number of carbonyl (C=O) groups is 1. The highest BCUT2D eigenvalue weighted by atomic mass is 16.4. The van der Waals surface area contributed by atoms with Crippen LogP contribution in [0.1, 0.15) is 10.4 Å². The van der Waals surface area contributed by atoms with Gasteiger partial charge in [0.2, 0.25) is 0 Å². The van der Waals surface area contributed by atoms with Crippen LogP contribution in [0.15, 0.2) is 106 Å². The third kappa shape index (κ3) is 3.74. The molecule has 0 bridgehead atoms. The fraction of sp³-hybridized carbons (Fsp3) is 0. The van der Waals surface area contributed by atoms with E-state index >= 15 is 0 Å². The SMILES string of the molecule is O=C(Nc1ccc2oc(=O)ccc2c1)c1cccc(-n2nccc2-c2ccccc2)c1. The first kappa shape index (κ1) is 18.6. The van der Waals surface area contributed by atoms with Crippen LogP contribution in [0.2, 0.25) is 0 Å². The summed E-state index contributed by atoms with van der Waals surface area (Å²) in [5.41, 5.74) is 3.95. The van der Waals surface area contributed by atoms with Crippen molar-refractivity contribution >= 4 is 22.6 Å². The summed E-state index contributed by atoms with van der Waals surface area (Å²) in [5, 5.41) is 8.06. The molecule has 31 heavy (non-hydrogen) atoms. The molecular formula is C25H17N3O3. The lowest BCUT2D eigenvalue weighted by molar-refractivity contribution is 0.102. The highest BCUT2D eigenvalue weighted by Crippen LogP contribution is 2.23. The molecule has 0 atom stereocenters. The second-order valence-corrected chi connectivity index (χ2v) is 7.01. The van der Waals surface area contributed by atoms with Gasteiger partial charge in [-0.3, -0.25) is 4.79 Å². The fourth-order valence-corrected chi connectivity index (χ4v) is 3.47. The predicted molar refractivity (Wildman–Crippen MR) is 119 cm³/mol. The van der Waals surface area contributed by atoms with Gasteiger partial charge < -0.3 is 9.73 Å². The molecule has 0 spiro atoms. The average molecular weight is 407 g/mol. The van der Waals surface area contributed by atoms with Crippen LogP contribution in [0.4, 0.5) is 5.69 Å². The molecule has 0 radical (unpaired) electrons. The highest BCUT2D eigenvalue weighted by Gasteiger charge is 2.11. The molecule has 0 saturated carbocycles. The Bertz CT molecular complexity index is 1450. The molecule has 0 aliphatic carbocycles. The molecule has 0 aliphatic rings. The second kappa shape index (κ2) is 7.76. The molecule has 1 amide bonds. The summed E-state index contributed by atoms with van der Waals surface area (Å²) in [7, 11) is 0. The van der Waals surface area contributed by atoms with Crippen molar-refractivity contribution in [1.29, 1.82) is 0 Å². The molecule has 5 aromatic rings. The zero-order valence-corrected chi connectivity index (χ0v) is 16.4. The van der Waals surface area contributed by atoms with Gasteiger partial charge in [-0.25, -0.2) is 9.48 Å². The number of aromatic nitrogens is 2. The first-order valence-electron chi connectivity index (χ1n) is 9.72. The van der Waals surface area contributed by atoms with E-state index in [1.165, 1.54) is 6.07 Å². The second-order valence-electron chi connectivity index (χ2n) is 7.01. The van der Waals surface area contributed by atoms with Crippen LogP contribution < -0.4 is 10.9 Å². The van der Waals surface area contributed by atoms with Crippen LogP contribution in [0.3, 0.4) is 0 Å². The summed E-state index contributed by atoms with van der Waals surface area (Å²) in [5.74, 6) is -0.244. The quantitative estimate of drug-likeness (QED) is 0.430. The smallest absolute Gasteiger partial charge is 0.336 e. The predicted octanol–water partition coefficient (Wildman–Crippen LogP) is 4.90. The number of carbonyl (C=O) groups excluding carboxylic acids is 1. The molecule has 6 nitrogen and oxygen atoms in total. The lowest BCUT2D eigenvalue weighted by Crippen LogP contribution is -2.12. The molecule has 0 aliphatic heterocycles. The summed E-state index contributed by atoms with van der Waals surface area (Å²) < 4.78 is 6.94. The van der Waals surface area contributed by atoms with Gasteiger partial charge in [0.25, 0.3) is 5.91 Å². The van der Waals surface area contributed by atoms with Crippen molar-refractivity contribution < 1.29 is 9.21 Å². The Hall–Kier alpha value is -4.45. The summed E-state index contributed by atoms with van der Waals surface area (Å²) in [4.78, 5) is 24.2. The van der Waals surface area contributed by atoms with E-state index < -0.39 is 5.63 Å². The number of hydrogen-bond acceptors (Lipinski definition) is 4. The maximum atomic E-state index is 12.9. The van der Waals surface area contributed by atoms with Gasteiger partial charge in [-0.05, 0) is 48.5 Å². The molecule has 0 saturated heterocycles. The van der Waals surface area contributed by atoms with E-state index in [1.54, 1.807) is 42.6 Å². The molecule has 0 unspecified atom stereocenters. The van der Waals surface area contributed by atoms with Crippen molar-refractivity contribution in [2.24, 2.45) is 0 Å². The van der Waals surface area contributed by atoms with E-state index in [0.29, 0.717) is 16.8 Å². The zero-order chi connectivity index (χ0) is 21.2. The van der Waals surface area contributed by atoms with E-state index in [4.69, 9.17) is 4.42 Å². The Morgan fingerprint density at radius 3 is 2.61 bits per heavy atom. The number of benzene rings is 3. The standard InChI is InChI=1S/C25H17N3O3/c29-24-12-9-18-15-20(10-11-23(18)31-24)27-25(30)19-7-4-8-21(16-19)28-22(13-14-26-28)17-5-2-1-3-6-17/h1-16H,(H,27,30). The van der Waals surface area contributed by atoms with E-state index in [-0.39, 0.29) is 5.91 Å². The van der Waals surface area contributed by atoms with Gasteiger partial charge >= 0.3 is 5.63 Å². The van der Waals surface area contributed by atoms with Crippen molar-refractivity contribution in [1.82, 2.24) is 9.78 Å².